The van der Waals surface area contributed by atoms with Crippen molar-refractivity contribution in [1.29, 1.82) is 0 Å². The van der Waals surface area contributed by atoms with Crippen LogP contribution in [0.3, 0.4) is 0 Å². The van der Waals surface area contributed by atoms with Gasteiger partial charge in [0.05, 0.1) is 22.2 Å². The van der Waals surface area contributed by atoms with Gasteiger partial charge in [-0.1, -0.05) is 35.0 Å². The third-order valence-corrected chi connectivity index (χ3v) is 4.09. The van der Waals surface area contributed by atoms with Crippen LogP contribution in [-0.2, 0) is 0 Å². The molecule has 1 aromatic carbocycles. The van der Waals surface area contributed by atoms with Gasteiger partial charge < -0.3 is 9.47 Å². The number of aromatic nitrogens is 1. The average Bonchev–Trinajstić information content (AvgIpc) is 3.38. The van der Waals surface area contributed by atoms with Crippen LogP contribution >= 0.6 is 23.2 Å². The Balaban J connectivity index is 1.86. The first kappa shape index (κ1) is 17.8. The summed E-state index contributed by atoms with van der Waals surface area (Å²) in [5.74, 6) is 6.47. The van der Waals surface area contributed by atoms with Crippen LogP contribution in [0.1, 0.15) is 24.0 Å². The SMILES string of the molecule is FC(F)Oc1ccc(C#Cc2c(Cl)cncc2Cl)cc1OCC1CC1. The van der Waals surface area contributed by atoms with Crippen molar-refractivity contribution in [3.8, 4) is 23.3 Å². The van der Waals surface area contributed by atoms with Crippen LogP contribution in [0.4, 0.5) is 8.78 Å². The van der Waals surface area contributed by atoms with Crippen molar-refractivity contribution in [1.82, 2.24) is 4.98 Å². The predicted molar refractivity (Wildman–Crippen MR) is 91.5 cm³/mol. The van der Waals surface area contributed by atoms with Crippen molar-refractivity contribution in [2.45, 2.75) is 19.5 Å². The average molecular weight is 384 g/mol. The molecule has 3 nitrogen and oxygen atoms in total. The molecule has 130 valence electrons. The van der Waals surface area contributed by atoms with E-state index in [2.05, 4.69) is 21.6 Å². The first-order valence-corrected chi connectivity index (χ1v) is 8.31. The summed E-state index contributed by atoms with van der Waals surface area (Å²) in [4.78, 5) is 3.86. The highest BCUT2D eigenvalue weighted by atomic mass is 35.5. The maximum atomic E-state index is 12.5. The standard InChI is InChI=1S/C18H13Cl2F2NO2/c19-14-8-23-9-15(20)13(14)5-3-11-4-6-16(25-18(21)22)17(7-11)24-10-12-1-2-12/h4,6-9,12,18H,1-2,10H2. The molecule has 7 heteroatoms. The smallest absolute Gasteiger partial charge is 0.387 e. The predicted octanol–water partition coefficient (Wildman–Crippen LogP) is 5.18. The molecule has 3 rings (SSSR count). The lowest BCUT2D eigenvalue weighted by Crippen LogP contribution is -2.06. The molecule has 0 amide bonds. The van der Waals surface area contributed by atoms with E-state index in [9.17, 15) is 8.78 Å². The number of ether oxygens (including phenoxy) is 2. The van der Waals surface area contributed by atoms with E-state index in [1.54, 1.807) is 12.1 Å². The van der Waals surface area contributed by atoms with Crippen LogP contribution in [-0.4, -0.2) is 18.2 Å². The lowest BCUT2D eigenvalue weighted by atomic mass is 10.2. The van der Waals surface area contributed by atoms with E-state index in [0.29, 0.717) is 33.7 Å². The normalized spacial score (nSPS) is 13.3. The van der Waals surface area contributed by atoms with Gasteiger partial charge in [-0.25, -0.2) is 0 Å². The Morgan fingerprint density at radius 3 is 2.48 bits per heavy atom. The Morgan fingerprint density at radius 2 is 1.84 bits per heavy atom. The first-order valence-electron chi connectivity index (χ1n) is 7.55. The second-order valence-electron chi connectivity index (χ2n) is 5.52. The number of pyridine rings is 1. The van der Waals surface area contributed by atoms with Gasteiger partial charge in [-0.3, -0.25) is 4.98 Å². The summed E-state index contributed by atoms with van der Waals surface area (Å²) in [5, 5.41) is 0.672. The van der Waals surface area contributed by atoms with E-state index in [1.165, 1.54) is 18.5 Å². The van der Waals surface area contributed by atoms with Gasteiger partial charge in [0, 0.05) is 18.0 Å². The molecule has 0 saturated heterocycles. The molecule has 1 aliphatic carbocycles. The molecular weight excluding hydrogens is 371 g/mol. The number of hydrogen-bond acceptors (Lipinski definition) is 3. The molecule has 1 fully saturated rings. The molecule has 1 saturated carbocycles. The van der Waals surface area contributed by atoms with E-state index < -0.39 is 6.61 Å². The second-order valence-corrected chi connectivity index (χ2v) is 6.34. The van der Waals surface area contributed by atoms with Gasteiger partial charge in [0.1, 0.15) is 0 Å². The highest BCUT2D eigenvalue weighted by molar-refractivity contribution is 6.36. The fourth-order valence-electron chi connectivity index (χ4n) is 2.05. The molecule has 2 aromatic rings. The van der Waals surface area contributed by atoms with Gasteiger partial charge in [-0.2, -0.15) is 8.78 Å². The zero-order valence-corrected chi connectivity index (χ0v) is 14.5. The molecule has 0 spiro atoms. The van der Waals surface area contributed by atoms with E-state index >= 15 is 0 Å². The number of hydrogen-bond donors (Lipinski definition) is 0. The largest absolute Gasteiger partial charge is 0.489 e. The van der Waals surface area contributed by atoms with Gasteiger partial charge in [-0.05, 0) is 37.0 Å². The van der Waals surface area contributed by atoms with Crippen LogP contribution < -0.4 is 9.47 Å². The number of benzene rings is 1. The molecule has 1 heterocycles. The van der Waals surface area contributed by atoms with Gasteiger partial charge in [0.2, 0.25) is 0 Å². The molecule has 0 N–H and O–H groups in total. The highest BCUT2D eigenvalue weighted by Gasteiger charge is 2.23. The minimum absolute atomic E-state index is 0.0128. The van der Waals surface area contributed by atoms with Gasteiger partial charge in [-0.15, -0.1) is 0 Å². The molecule has 25 heavy (non-hydrogen) atoms. The van der Waals surface area contributed by atoms with Crippen LogP contribution in [0.25, 0.3) is 0 Å². The summed E-state index contributed by atoms with van der Waals surface area (Å²) in [7, 11) is 0. The zero-order valence-electron chi connectivity index (χ0n) is 12.9. The van der Waals surface area contributed by atoms with Crippen LogP contribution in [0.15, 0.2) is 30.6 Å². The van der Waals surface area contributed by atoms with Crippen molar-refractivity contribution in [3.63, 3.8) is 0 Å². The number of rotatable bonds is 5. The molecule has 0 bridgehead atoms. The van der Waals surface area contributed by atoms with Gasteiger partial charge in [0.25, 0.3) is 0 Å². The van der Waals surface area contributed by atoms with Crippen LogP contribution in [0, 0.1) is 17.8 Å². The molecule has 0 unspecified atom stereocenters. The van der Waals surface area contributed by atoms with Crippen molar-refractivity contribution in [3.05, 3.63) is 51.8 Å². The molecule has 1 aromatic heterocycles. The Labute approximate surface area is 153 Å². The summed E-state index contributed by atoms with van der Waals surface area (Å²) in [5.41, 5.74) is 1.02. The quantitative estimate of drug-likeness (QED) is 0.666. The molecule has 0 aliphatic heterocycles. The van der Waals surface area contributed by atoms with E-state index in [4.69, 9.17) is 27.9 Å². The summed E-state index contributed by atoms with van der Waals surface area (Å²) in [6, 6.07) is 4.54. The fraction of sp³-hybridized carbons (Fsp3) is 0.278. The molecular formula is C18H13Cl2F2NO2. The summed E-state index contributed by atoms with van der Waals surface area (Å²) >= 11 is 12.0. The minimum Gasteiger partial charge on any atom is -0.489 e. The van der Waals surface area contributed by atoms with Gasteiger partial charge >= 0.3 is 6.61 Å². The summed E-state index contributed by atoms with van der Waals surface area (Å²) in [6.45, 7) is -2.45. The van der Waals surface area contributed by atoms with Crippen molar-refractivity contribution in [2.24, 2.45) is 5.92 Å². The lowest BCUT2D eigenvalue weighted by Gasteiger charge is -2.12. The highest BCUT2D eigenvalue weighted by Crippen LogP contribution is 2.34. The molecule has 0 radical (unpaired) electrons. The lowest BCUT2D eigenvalue weighted by molar-refractivity contribution is -0.0515. The van der Waals surface area contributed by atoms with E-state index in [-0.39, 0.29) is 11.5 Å². The maximum Gasteiger partial charge on any atom is 0.387 e. The zero-order chi connectivity index (χ0) is 17.8. The second kappa shape index (κ2) is 7.90. The Kier molecular flexibility index (Phi) is 5.62. The van der Waals surface area contributed by atoms with Crippen molar-refractivity contribution < 1.29 is 18.3 Å². The number of alkyl halides is 2. The number of nitrogens with zero attached hydrogens (tertiary/aromatic N) is 1. The Morgan fingerprint density at radius 1 is 1.12 bits per heavy atom. The first-order chi connectivity index (χ1) is 12.0. The molecule has 1 aliphatic rings. The fourth-order valence-corrected chi connectivity index (χ4v) is 2.51. The van der Waals surface area contributed by atoms with Crippen molar-refractivity contribution in [2.75, 3.05) is 6.61 Å². The monoisotopic (exact) mass is 383 g/mol. The van der Waals surface area contributed by atoms with Crippen molar-refractivity contribution >= 4 is 23.2 Å². The summed E-state index contributed by atoms with van der Waals surface area (Å²) < 4.78 is 35.2. The van der Waals surface area contributed by atoms with E-state index in [1.807, 2.05) is 0 Å². The Bertz CT molecular complexity index is 809. The van der Waals surface area contributed by atoms with Crippen LogP contribution in [0.2, 0.25) is 10.0 Å². The third kappa shape index (κ3) is 4.97. The van der Waals surface area contributed by atoms with Crippen LogP contribution in [0.5, 0.6) is 11.5 Å². The molecule has 0 atom stereocenters. The minimum atomic E-state index is -2.92. The maximum absolute atomic E-state index is 12.5. The Hall–Kier alpha value is -2.03. The van der Waals surface area contributed by atoms with Gasteiger partial charge in [0.15, 0.2) is 11.5 Å². The topological polar surface area (TPSA) is 31.4 Å². The third-order valence-electron chi connectivity index (χ3n) is 3.52. The number of halogens is 4. The summed E-state index contributed by atoms with van der Waals surface area (Å²) in [6.07, 6.45) is 5.07. The van der Waals surface area contributed by atoms with E-state index in [0.717, 1.165) is 12.8 Å².